The number of hydrogen-bond acceptors (Lipinski definition) is 2. The summed E-state index contributed by atoms with van der Waals surface area (Å²) in [5.74, 6) is 0. The van der Waals surface area contributed by atoms with Gasteiger partial charge in [0.25, 0.3) is 0 Å². The van der Waals surface area contributed by atoms with Gasteiger partial charge < -0.3 is 10.6 Å². The van der Waals surface area contributed by atoms with Crippen molar-refractivity contribution >= 4 is 0 Å². The largest absolute Gasteiger partial charge is 0.313 e. The predicted octanol–water partition coefficient (Wildman–Crippen LogP) is -0.145. The molecule has 4 heteroatoms. The van der Waals surface area contributed by atoms with Crippen molar-refractivity contribution in [2.75, 3.05) is 26.4 Å². The molecule has 2 atom stereocenters. The summed E-state index contributed by atoms with van der Waals surface area (Å²) in [6.07, 6.45) is 0. The van der Waals surface area contributed by atoms with Gasteiger partial charge in [0, 0.05) is 25.2 Å². The van der Waals surface area contributed by atoms with Crippen molar-refractivity contribution in [1.82, 2.24) is 10.6 Å². The number of rotatable bonds is 2. The minimum atomic E-state index is -0.427. The minimum absolute atomic E-state index is 0.200. The quantitative estimate of drug-likeness (QED) is 0.572. The third kappa shape index (κ3) is 1.88. The molecule has 0 bridgehead atoms. The summed E-state index contributed by atoms with van der Waals surface area (Å²) >= 11 is 0. The number of piperazine rings is 1. The van der Waals surface area contributed by atoms with Crippen LogP contribution in [0.25, 0.3) is 0 Å². The first-order valence-corrected chi connectivity index (χ1v) is 3.45. The van der Waals surface area contributed by atoms with Crippen molar-refractivity contribution in [3.63, 3.8) is 0 Å². The van der Waals surface area contributed by atoms with Gasteiger partial charge in [0.2, 0.25) is 0 Å². The molecule has 1 rings (SSSR count). The Kier molecular flexibility index (Phi) is 3.02. The number of hydrogen-bond donors (Lipinski definition) is 2. The summed E-state index contributed by atoms with van der Waals surface area (Å²) in [6, 6.07) is -0.399. The van der Waals surface area contributed by atoms with E-state index in [0.717, 1.165) is 0 Å². The van der Waals surface area contributed by atoms with Crippen molar-refractivity contribution in [2.24, 2.45) is 0 Å². The first-order valence-electron chi connectivity index (χ1n) is 3.45. The molecule has 0 spiro atoms. The van der Waals surface area contributed by atoms with Crippen molar-refractivity contribution in [3.8, 4) is 0 Å². The van der Waals surface area contributed by atoms with Crippen molar-refractivity contribution in [3.05, 3.63) is 0 Å². The van der Waals surface area contributed by atoms with E-state index in [2.05, 4.69) is 10.6 Å². The van der Waals surface area contributed by atoms with Gasteiger partial charge in [-0.25, -0.2) is 8.78 Å². The lowest BCUT2D eigenvalue weighted by molar-refractivity contribution is 0.254. The van der Waals surface area contributed by atoms with Crippen LogP contribution in [0.15, 0.2) is 0 Å². The Morgan fingerprint density at radius 2 is 1.60 bits per heavy atom. The summed E-state index contributed by atoms with van der Waals surface area (Å²) in [7, 11) is 0. The van der Waals surface area contributed by atoms with Crippen LogP contribution < -0.4 is 10.6 Å². The second kappa shape index (κ2) is 3.83. The van der Waals surface area contributed by atoms with Crippen LogP contribution in [0, 0.1) is 0 Å². The molecule has 2 unspecified atom stereocenters. The molecule has 0 aromatic heterocycles. The molecule has 1 aliphatic heterocycles. The molecule has 1 saturated heterocycles. The third-order valence-corrected chi connectivity index (χ3v) is 1.63. The van der Waals surface area contributed by atoms with Gasteiger partial charge in [-0.15, -0.1) is 0 Å². The fourth-order valence-electron chi connectivity index (χ4n) is 1.08. The molecule has 10 heavy (non-hydrogen) atoms. The molecule has 1 heterocycles. The van der Waals surface area contributed by atoms with Gasteiger partial charge in [-0.3, -0.25) is 0 Å². The molecule has 0 amide bonds. The Labute approximate surface area is 59.0 Å². The second-order valence-corrected chi connectivity index (χ2v) is 2.53. The highest BCUT2D eigenvalue weighted by Gasteiger charge is 2.19. The highest BCUT2D eigenvalue weighted by Crippen LogP contribution is 1.95. The maximum atomic E-state index is 12.0. The molecule has 0 aliphatic carbocycles. The van der Waals surface area contributed by atoms with Crippen LogP contribution in [0.5, 0.6) is 0 Å². The Hall–Kier alpha value is -0.220. The molecular formula is C6H12F2N2. The molecule has 1 fully saturated rings. The average Bonchev–Trinajstić information content (AvgIpc) is 2.05. The molecular weight excluding hydrogens is 138 g/mol. The first-order chi connectivity index (χ1) is 4.86. The number of alkyl halides is 2. The second-order valence-electron chi connectivity index (χ2n) is 2.53. The lowest BCUT2D eigenvalue weighted by Crippen LogP contribution is -2.56. The topological polar surface area (TPSA) is 24.1 Å². The fraction of sp³-hybridized carbons (Fsp3) is 1.00. The lowest BCUT2D eigenvalue weighted by Gasteiger charge is -2.28. The normalized spacial score (nSPS) is 34.2. The van der Waals surface area contributed by atoms with E-state index in [1.54, 1.807) is 0 Å². The van der Waals surface area contributed by atoms with E-state index in [-0.39, 0.29) is 12.1 Å². The van der Waals surface area contributed by atoms with Crippen LogP contribution in [0.4, 0.5) is 8.78 Å². The molecule has 2 N–H and O–H groups in total. The summed E-state index contributed by atoms with van der Waals surface area (Å²) in [6.45, 7) is 0.354. The summed E-state index contributed by atoms with van der Waals surface area (Å²) in [5.41, 5.74) is 0. The highest BCUT2D eigenvalue weighted by atomic mass is 19.1. The van der Waals surface area contributed by atoms with E-state index < -0.39 is 13.3 Å². The summed E-state index contributed by atoms with van der Waals surface area (Å²) in [5, 5.41) is 5.78. The third-order valence-electron chi connectivity index (χ3n) is 1.63. The van der Waals surface area contributed by atoms with Crippen LogP contribution in [-0.2, 0) is 0 Å². The molecule has 0 saturated carbocycles. The zero-order valence-electron chi connectivity index (χ0n) is 5.74. The zero-order chi connectivity index (χ0) is 7.40. The maximum Gasteiger partial charge on any atom is 0.106 e. The Bertz CT molecular complexity index is 89.7. The van der Waals surface area contributed by atoms with E-state index in [9.17, 15) is 8.78 Å². The van der Waals surface area contributed by atoms with Crippen LogP contribution in [0.3, 0.4) is 0 Å². The zero-order valence-corrected chi connectivity index (χ0v) is 5.74. The molecule has 1 aliphatic rings. The highest BCUT2D eigenvalue weighted by molar-refractivity contribution is 4.82. The summed E-state index contributed by atoms with van der Waals surface area (Å²) < 4.78 is 23.9. The predicted molar refractivity (Wildman–Crippen MR) is 35.5 cm³/mol. The number of halogens is 2. The standard InChI is InChI=1S/C6H12F2N2/c7-1-5-3-9-4-6(2-8)10-5/h5-6,9-10H,1-4H2. The Morgan fingerprint density at radius 1 is 1.10 bits per heavy atom. The van der Waals surface area contributed by atoms with Crippen molar-refractivity contribution in [2.45, 2.75) is 12.1 Å². The van der Waals surface area contributed by atoms with Gasteiger partial charge in [0.15, 0.2) is 0 Å². The van der Waals surface area contributed by atoms with Crippen molar-refractivity contribution in [1.29, 1.82) is 0 Å². The summed E-state index contributed by atoms with van der Waals surface area (Å²) in [4.78, 5) is 0. The molecule has 0 aromatic carbocycles. The lowest BCUT2D eigenvalue weighted by atomic mass is 10.2. The average molecular weight is 150 g/mol. The van der Waals surface area contributed by atoms with Crippen LogP contribution in [0.2, 0.25) is 0 Å². The monoisotopic (exact) mass is 150 g/mol. The van der Waals surface area contributed by atoms with Gasteiger partial charge in [-0.05, 0) is 0 Å². The van der Waals surface area contributed by atoms with E-state index in [1.807, 2.05) is 0 Å². The molecule has 0 aromatic rings. The SMILES string of the molecule is FCC1CNCC(CF)N1. The van der Waals surface area contributed by atoms with Gasteiger partial charge in [0.1, 0.15) is 13.3 Å². The maximum absolute atomic E-state index is 12.0. The van der Waals surface area contributed by atoms with Gasteiger partial charge in [-0.1, -0.05) is 0 Å². The van der Waals surface area contributed by atoms with Gasteiger partial charge >= 0.3 is 0 Å². The fourth-order valence-corrected chi connectivity index (χ4v) is 1.08. The number of nitrogens with one attached hydrogen (secondary N) is 2. The first kappa shape index (κ1) is 7.88. The smallest absolute Gasteiger partial charge is 0.106 e. The van der Waals surface area contributed by atoms with E-state index in [0.29, 0.717) is 13.1 Å². The van der Waals surface area contributed by atoms with E-state index >= 15 is 0 Å². The van der Waals surface area contributed by atoms with E-state index in [4.69, 9.17) is 0 Å². The van der Waals surface area contributed by atoms with E-state index in [1.165, 1.54) is 0 Å². The van der Waals surface area contributed by atoms with Crippen molar-refractivity contribution < 1.29 is 8.78 Å². The molecule has 0 radical (unpaired) electrons. The van der Waals surface area contributed by atoms with Crippen LogP contribution in [-0.4, -0.2) is 38.5 Å². The van der Waals surface area contributed by atoms with Gasteiger partial charge in [0.05, 0.1) is 0 Å². The van der Waals surface area contributed by atoms with Crippen LogP contribution >= 0.6 is 0 Å². The van der Waals surface area contributed by atoms with Crippen LogP contribution in [0.1, 0.15) is 0 Å². The Morgan fingerprint density at radius 3 is 2.00 bits per heavy atom. The Balaban J connectivity index is 2.25. The molecule has 60 valence electrons. The minimum Gasteiger partial charge on any atom is -0.313 e. The van der Waals surface area contributed by atoms with Gasteiger partial charge in [-0.2, -0.15) is 0 Å². The molecule has 2 nitrogen and oxygen atoms in total.